The molecule has 26 heavy (non-hydrogen) atoms. The number of rotatable bonds is 2. The van der Waals surface area contributed by atoms with Crippen LogP contribution in [0.25, 0.3) is 0 Å². The molecule has 5 aliphatic rings. The van der Waals surface area contributed by atoms with Crippen molar-refractivity contribution in [2.75, 3.05) is 46.0 Å². The normalized spacial score (nSPS) is 46.7. The van der Waals surface area contributed by atoms with Gasteiger partial charge in [-0.25, -0.2) is 0 Å². The summed E-state index contributed by atoms with van der Waals surface area (Å²) in [4.78, 5) is 29.0. The predicted molar refractivity (Wildman–Crippen MR) is 85.5 cm³/mol. The summed E-state index contributed by atoms with van der Waals surface area (Å²) in [5.74, 6) is -2.15. The number of aliphatic hydroxyl groups excluding tert-OH is 1. The Hall–Kier alpha value is -1.30. The summed E-state index contributed by atoms with van der Waals surface area (Å²) in [7, 11) is 0. The summed E-state index contributed by atoms with van der Waals surface area (Å²) in [5, 5.41) is 34.5. The van der Waals surface area contributed by atoms with E-state index in [9.17, 15) is 24.9 Å². The summed E-state index contributed by atoms with van der Waals surface area (Å²) in [5.41, 5.74) is -5.82. The number of carbonyl (C=O) groups excluding carboxylic acids is 2. The van der Waals surface area contributed by atoms with Crippen LogP contribution in [0.4, 0.5) is 0 Å². The van der Waals surface area contributed by atoms with E-state index in [4.69, 9.17) is 9.47 Å². The zero-order valence-corrected chi connectivity index (χ0v) is 14.7. The van der Waals surface area contributed by atoms with Gasteiger partial charge in [0.1, 0.15) is 11.7 Å². The first-order valence-electron chi connectivity index (χ1n) is 8.93. The average Bonchev–Trinajstić information content (AvgIpc) is 2.80. The van der Waals surface area contributed by atoms with Crippen molar-refractivity contribution in [3.05, 3.63) is 0 Å². The smallest absolute Gasteiger partial charge is 0.279 e. The molecule has 0 radical (unpaired) electrons. The third-order valence-electron chi connectivity index (χ3n) is 6.00. The van der Waals surface area contributed by atoms with E-state index in [1.54, 1.807) is 0 Å². The Morgan fingerprint density at radius 3 is 2.62 bits per heavy atom. The molecule has 5 atom stereocenters. The molecule has 4 N–H and O–H groups in total. The lowest BCUT2D eigenvalue weighted by Gasteiger charge is -2.52. The van der Waals surface area contributed by atoms with Gasteiger partial charge in [-0.05, 0) is 13.3 Å². The zero-order chi connectivity index (χ0) is 18.7. The Bertz CT molecular complexity index is 623. The number of amides is 2. The molecule has 5 aliphatic heterocycles. The van der Waals surface area contributed by atoms with Gasteiger partial charge >= 0.3 is 0 Å². The molecule has 5 heterocycles. The van der Waals surface area contributed by atoms with Gasteiger partial charge < -0.3 is 30.1 Å². The van der Waals surface area contributed by atoms with Crippen LogP contribution in [0.5, 0.6) is 0 Å². The van der Waals surface area contributed by atoms with Crippen molar-refractivity contribution in [2.24, 2.45) is 5.92 Å². The van der Waals surface area contributed by atoms with E-state index in [1.165, 1.54) is 6.92 Å². The van der Waals surface area contributed by atoms with Crippen molar-refractivity contribution in [1.29, 1.82) is 0 Å². The highest BCUT2D eigenvalue weighted by Gasteiger charge is 2.73. The summed E-state index contributed by atoms with van der Waals surface area (Å²) >= 11 is 0. The summed E-state index contributed by atoms with van der Waals surface area (Å²) < 4.78 is 11.0. The van der Waals surface area contributed by atoms with Crippen LogP contribution in [-0.2, 0) is 19.1 Å². The zero-order valence-electron chi connectivity index (χ0n) is 14.7. The second-order valence-electron chi connectivity index (χ2n) is 7.81. The molecule has 0 aromatic heterocycles. The maximum absolute atomic E-state index is 13.1. The lowest BCUT2D eigenvalue weighted by molar-refractivity contribution is -0.245. The Labute approximate surface area is 150 Å². The first-order valence-corrected chi connectivity index (χ1v) is 8.93. The SMILES string of the molecule is C[C@]1(O)CN2C(=O)[C@@]3(O)NC(=O)[C@@]2(OCC[C@@H]3CN2CCOCC2)[C@H]1O. The van der Waals surface area contributed by atoms with Gasteiger partial charge in [0.05, 0.1) is 26.4 Å². The highest BCUT2D eigenvalue weighted by atomic mass is 16.6. The topological polar surface area (TPSA) is 132 Å². The van der Waals surface area contributed by atoms with Gasteiger partial charge in [-0.3, -0.25) is 19.4 Å². The van der Waals surface area contributed by atoms with Crippen LogP contribution in [0.1, 0.15) is 13.3 Å². The Morgan fingerprint density at radius 1 is 1.23 bits per heavy atom. The van der Waals surface area contributed by atoms with Crippen molar-refractivity contribution in [3.63, 3.8) is 0 Å². The highest BCUT2D eigenvalue weighted by Crippen LogP contribution is 2.44. The van der Waals surface area contributed by atoms with Crippen LogP contribution in [0, 0.1) is 5.92 Å². The summed E-state index contributed by atoms with van der Waals surface area (Å²) in [6.45, 7) is 4.01. The first kappa shape index (κ1) is 18.1. The molecule has 1 spiro atoms. The number of fused-ring (bicyclic) bond motifs is 4. The number of aliphatic hydroxyl groups is 3. The van der Waals surface area contributed by atoms with E-state index in [1.807, 2.05) is 0 Å². The van der Waals surface area contributed by atoms with Gasteiger partial charge in [0, 0.05) is 25.6 Å². The molecule has 146 valence electrons. The molecule has 10 heteroatoms. The van der Waals surface area contributed by atoms with Crippen molar-refractivity contribution in [2.45, 2.75) is 36.5 Å². The highest BCUT2D eigenvalue weighted by molar-refractivity contribution is 6.02. The molecule has 2 amide bonds. The first-order chi connectivity index (χ1) is 12.2. The third kappa shape index (κ3) is 2.33. The maximum atomic E-state index is 13.1. The van der Waals surface area contributed by atoms with Gasteiger partial charge in [-0.2, -0.15) is 0 Å². The quantitative estimate of drug-likeness (QED) is 0.400. The maximum Gasteiger partial charge on any atom is 0.279 e. The molecular formula is C16H25N3O7. The second kappa shape index (κ2) is 5.85. The molecule has 10 nitrogen and oxygen atoms in total. The lowest BCUT2D eigenvalue weighted by atomic mass is 9.84. The number of carbonyl (C=O) groups is 2. The van der Waals surface area contributed by atoms with E-state index in [2.05, 4.69) is 10.2 Å². The number of morpholine rings is 1. The second-order valence-corrected chi connectivity index (χ2v) is 7.81. The minimum Gasteiger partial charge on any atom is -0.385 e. The van der Waals surface area contributed by atoms with E-state index >= 15 is 0 Å². The van der Waals surface area contributed by atoms with Crippen molar-refractivity contribution < 1.29 is 34.4 Å². The third-order valence-corrected chi connectivity index (χ3v) is 6.00. The number of piperazine rings is 1. The number of ether oxygens (including phenoxy) is 2. The van der Waals surface area contributed by atoms with Crippen molar-refractivity contribution >= 4 is 11.8 Å². The predicted octanol–water partition coefficient (Wildman–Crippen LogP) is -3.18. The van der Waals surface area contributed by atoms with Gasteiger partial charge in [-0.1, -0.05) is 0 Å². The fourth-order valence-corrected chi connectivity index (χ4v) is 4.47. The van der Waals surface area contributed by atoms with E-state index < -0.39 is 40.9 Å². The van der Waals surface area contributed by atoms with Gasteiger partial charge in [0.15, 0.2) is 0 Å². The number of nitrogens with one attached hydrogen (secondary N) is 1. The minimum atomic E-state index is -2.09. The standard InChI is InChI=1S/C16H25N3O7/c1-14(23)9-19-13(22)15(24)10(8-18-3-6-25-7-4-18)2-5-26-16(19,11(14)20)12(21)17-15/h10-11,20,23-24H,2-9H2,1H3,(H,17,21)/t10-,11+,14+,15-,16+/m1/s1. The van der Waals surface area contributed by atoms with Crippen molar-refractivity contribution in [3.8, 4) is 0 Å². The van der Waals surface area contributed by atoms with E-state index in [0.29, 0.717) is 39.3 Å². The molecule has 5 saturated heterocycles. The molecule has 2 bridgehead atoms. The Morgan fingerprint density at radius 2 is 1.92 bits per heavy atom. The molecular weight excluding hydrogens is 346 g/mol. The van der Waals surface area contributed by atoms with Crippen LogP contribution in [0.3, 0.4) is 0 Å². The Kier molecular flexibility index (Phi) is 4.07. The monoisotopic (exact) mass is 371 g/mol. The molecule has 0 saturated carbocycles. The molecule has 0 aliphatic carbocycles. The lowest BCUT2D eigenvalue weighted by Crippen LogP contribution is -2.80. The minimum absolute atomic E-state index is 0.0711. The van der Waals surface area contributed by atoms with Crippen LogP contribution >= 0.6 is 0 Å². The average molecular weight is 371 g/mol. The fourth-order valence-electron chi connectivity index (χ4n) is 4.47. The van der Waals surface area contributed by atoms with Gasteiger partial charge in [-0.15, -0.1) is 0 Å². The largest absolute Gasteiger partial charge is 0.385 e. The summed E-state index contributed by atoms with van der Waals surface area (Å²) in [6.07, 6.45) is -1.29. The number of nitrogens with zero attached hydrogens (tertiary/aromatic N) is 2. The van der Waals surface area contributed by atoms with Crippen LogP contribution in [0.2, 0.25) is 0 Å². The van der Waals surface area contributed by atoms with Gasteiger partial charge in [0.25, 0.3) is 17.5 Å². The van der Waals surface area contributed by atoms with E-state index in [0.717, 1.165) is 4.90 Å². The van der Waals surface area contributed by atoms with Crippen molar-refractivity contribution in [1.82, 2.24) is 15.1 Å². The Balaban J connectivity index is 1.67. The van der Waals surface area contributed by atoms with Crippen LogP contribution < -0.4 is 5.32 Å². The molecule has 0 unspecified atom stereocenters. The van der Waals surface area contributed by atoms with Gasteiger partial charge in [0.2, 0.25) is 5.72 Å². The molecule has 0 aromatic carbocycles. The fraction of sp³-hybridized carbons (Fsp3) is 0.875. The van der Waals surface area contributed by atoms with E-state index in [-0.39, 0.29) is 13.2 Å². The number of hydrogen-bond donors (Lipinski definition) is 4. The van der Waals surface area contributed by atoms with Crippen LogP contribution in [-0.4, -0.2) is 106 Å². The summed E-state index contributed by atoms with van der Waals surface area (Å²) in [6, 6.07) is 0. The molecule has 5 fully saturated rings. The molecule has 5 rings (SSSR count). The molecule has 0 aromatic rings. The number of hydrogen-bond acceptors (Lipinski definition) is 8. The van der Waals surface area contributed by atoms with Crippen LogP contribution in [0.15, 0.2) is 0 Å².